The largest absolute Gasteiger partial charge is 0.491 e. The Balaban J connectivity index is 1.60. The first-order valence-corrected chi connectivity index (χ1v) is 14.1. The molecule has 0 amide bonds. The quantitative estimate of drug-likeness (QED) is 0.708. The summed E-state index contributed by atoms with van der Waals surface area (Å²) in [4.78, 5) is 0.126. The third-order valence-electron chi connectivity index (χ3n) is 6.01. The standard InChI is InChI=1S/C23H29NO5S2/c1-16(2)29-18-10-12-19(13-11-18)31(27,28)23-15-30(25,26)14-22(23)24-21-9-5-7-17-6-3-4-8-20(17)21/h3-4,6,8,10-13,16,21-24H,5,7,9,14-15H2,1-2H3/t21?,22-,23-/m0/s1. The van der Waals surface area contributed by atoms with Gasteiger partial charge in [-0.1, -0.05) is 24.3 Å². The maximum absolute atomic E-state index is 13.4. The molecule has 2 aliphatic rings. The summed E-state index contributed by atoms with van der Waals surface area (Å²) >= 11 is 0. The van der Waals surface area contributed by atoms with E-state index >= 15 is 0 Å². The van der Waals surface area contributed by atoms with E-state index in [-0.39, 0.29) is 28.5 Å². The first kappa shape index (κ1) is 22.3. The maximum Gasteiger partial charge on any atom is 0.183 e. The van der Waals surface area contributed by atoms with Crippen molar-refractivity contribution in [1.82, 2.24) is 5.32 Å². The van der Waals surface area contributed by atoms with E-state index in [4.69, 9.17) is 4.74 Å². The number of fused-ring (bicyclic) bond motifs is 1. The Morgan fingerprint density at radius 3 is 2.45 bits per heavy atom. The van der Waals surface area contributed by atoms with Gasteiger partial charge in [0, 0.05) is 12.1 Å². The van der Waals surface area contributed by atoms with Crippen molar-refractivity contribution >= 4 is 19.7 Å². The first-order valence-electron chi connectivity index (χ1n) is 10.7. The summed E-state index contributed by atoms with van der Waals surface area (Å²) in [7, 11) is -7.28. The van der Waals surface area contributed by atoms with Crippen molar-refractivity contribution in [3.05, 3.63) is 59.7 Å². The number of hydrogen-bond acceptors (Lipinski definition) is 6. The highest BCUT2D eigenvalue weighted by atomic mass is 32.2. The molecule has 8 heteroatoms. The number of ether oxygens (including phenoxy) is 1. The summed E-state index contributed by atoms with van der Waals surface area (Å²) in [5.41, 5.74) is 2.39. The van der Waals surface area contributed by atoms with Crippen LogP contribution in [0.1, 0.15) is 43.9 Å². The molecular formula is C23H29NO5S2. The smallest absolute Gasteiger partial charge is 0.183 e. The van der Waals surface area contributed by atoms with Gasteiger partial charge in [0.25, 0.3) is 0 Å². The van der Waals surface area contributed by atoms with Gasteiger partial charge in [0.2, 0.25) is 0 Å². The summed E-state index contributed by atoms with van der Waals surface area (Å²) in [5, 5.41) is 2.40. The van der Waals surface area contributed by atoms with E-state index < -0.39 is 31.0 Å². The number of aryl methyl sites for hydroxylation is 1. The molecule has 168 valence electrons. The Kier molecular flexibility index (Phi) is 6.16. The third-order valence-corrected chi connectivity index (χ3v) is 10.2. The molecule has 1 unspecified atom stereocenters. The molecule has 1 aliphatic carbocycles. The number of rotatable bonds is 6. The molecule has 0 radical (unpaired) electrons. The van der Waals surface area contributed by atoms with E-state index in [0.29, 0.717) is 5.75 Å². The van der Waals surface area contributed by atoms with Crippen molar-refractivity contribution in [2.24, 2.45) is 0 Å². The average molecular weight is 464 g/mol. The van der Waals surface area contributed by atoms with Crippen molar-refractivity contribution in [3.8, 4) is 5.75 Å². The number of benzene rings is 2. The normalized spacial score (nSPS) is 25.3. The molecule has 0 saturated carbocycles. The Labute approximate surface area is 184 Å². The van der Waals surface area contributed by atoms with Crippen LogP contribution < -0.4 is 10.1 Å². The minimum atomic E-state index is -3.83. The molecule has 1 N–H and O–H groups in total. The van der Waals surface area contributed by atoms with Crippen LogP contribution in [0.15, 0.2) is 53.4 Å². The zero-order valence-electron chi connectivity index (χ0n) is 17.8. The van der Waals surface area contributed by atoms with Gasteiger partial charge in [-0.25, -0.2) is 16.8 Å². The van der Waals surface area contributed by atoms with Gasteiger partial charge in [0.1, 0.15) is 5.75 Å². The number of sulfone groups is 2. The molecule has 0 bridgehead atoms. The summed E-state index contributed by atoms with van der Waals surface area (Å²) < 4.78 is 57.3. The Hall–Kier alpha value is -1.90. The molecule has 1 heterocycles. The van der Waals surface area contributed by atoms with E-state index in [1.165, 1.54) is 17.7 Å². The molecular weight excluding hydrogens is 434 g/mol. The number of hydrogen-bond donors (Lipinski definition) is 1. The molecule has 6 nitrogen and oxygen atoms in total. The van der Waals surface area contributed by atoms with Crippen LogP contribution in [0.4, 0.5) is 0 Å². The van der Waals surface area contributed by atoms with E-state index in [1.54, 1.807) is 12.1 Å². The van der Waals surface area contributed by atoms with Gasteiger partial charge in [0.15, 0.2) is 19.7 Å². The minimum Gasteiger partial charge on any atom is -0.491 e. The third kappa shape index (κ3) is 4.81. The van der Waals surface area contributed by atoms with E-state index in [2.05, 4.69) is 11.4 Å². The highest BCUT2D eigenvalue weighted by molar-refractivity contribution is 7.96. The van der Waals surface area contributed by atoms with Gasteiger partial charge in [-0.3, -0.25) is 0 Å². The Bertz CT molecular complexity index is 1140. The molecule has 0 aromatic heterocycles. The van der Waals surface area contributed by atoms with Gasteiger partial charge in [-0.2, -0.15) is 0 Å². The molecule has 2 aromatic carbocycles. The lowest BCUT2D eigenvalue weighted by atomic mass is 9.87. The lowest BCUT2D eigenvalue weighted by molar-refractivity contribution is 0.242. The molecule has 4 rings (SSSR count). The SMILES string of the molecule is CC(C)Oc1ccc(S(=O)(=O)[C@H]2CS(=O)(=O)C[C@@H]2NC2CCCc3ccccc32)cc1. The number of nitrogens with one attached hydrogen (secondary N) is 1. The molecule has 0 spiro atoms. The summed E-state index contributed by atoms with van der Waals surface area (Å²) in [6.45, 7) is 3.79. The molecule has 1 saturated heterocycles. The zero-order valence-corrected chi connectivity index (χ0v) is 19.5. The Morgan fingerprint density at radius 2 is 1.74 bits per heavy atom. The molecule has 3 atom stereocenters. The lowest BCUT2D eigenvalue weighted by Crippen LogP contribution is -2.45. The van der Waals surface area contributed by atoms with E-state index in [1.807, 2.05) is 32.0 Å². The van der Waals surface area contributed by atoms with Gasteiger partial charge in [-0.15, -0.1) is 0 Å². The summed E-state index contributed by atoms with van der Waals surface area (Å²) in [6, 6.07) is 13.7. The van der Waals surface area contributed by atoms with Crippen LogP contribution in [0.2, 0.25) is 0 Å². The van der Waals surface area contributed by atoms with Crippen LogP contribution in [0.5, 0.6) is 5.75 Å². The minimum absolute atomic E-state index is 0.0191. The maximum atomic E-state index is 13.4. The van der Waals surface area contributed by atoms with Crippen LogP contribution in [-0.4, -0.2) is 45.7 Å². The fourth-order valence-electron chi connectivity index (χ4n) is 4.62. The van der Waals surface area contributed by atoms with Gasteiger partial charge in [0.05, 0.1) is 27.8 Å². The predicted octanol–water partition coefficient (Wildman–Crippen LogP) is 3.08. The second kappa shape index (κ2) is 8.56. The van der Waals surface area contributed by atoms with Crippen LogP contribution in [0.3, 0.4) is 0 Å². The second-order valence-corrected chi connectivity index (χ2v) is 13.0. The highest BCUT2D eigenvalue weighted by Gasteiger charge is 2.46. The molecule has 1 fully saturated rings. The fraction of sp³-hybridized carbons (Fsp3) is 0.478. The van der Waals surface area contributed by atoms with E-state index in [0.717, 1.165) is 24.8 Å². The van der Waals surface area contributed by atoms with Crippen LogP contribution in [0.25, 0.3) is 0 Å². The average Bonchev–Trinajstić information content (AvgIpc) is 3.03. The predicted molar refractivity (Wildman–Crippen MR) is 121 cm³/mol. The second-order valence-electron chi connectivity index (χ2n) is 8.72. The summed E-state index contributed by atoms with van der Waals surface area (Å²) in [5.74, 6) is 0.0666. The van der Waals surface area contributed by atoms with Crippen LogP contribution in [-0.2, 0) is 26.1 Å². The van der Waals surface area contributed by atoms with Gasteiger partial charge >= 0.3 is 0 Å². The summed E-state index contributed by atoms with van der Waals surface area (Å²) in [6.07, 6.45) is 2.82. The molecule has 31 heavy (non-hydrogen) atoms. The Morgan fingerprint density at radius 1 is 1.03 bits per heavy atom. The fourth-order valence-corrected chi connectivity index (χ4v) is 9.29. The van der Waals surface area contributed by atoms with Crippen molar-refractivity contribution in [1.29, 1.82) is 0 Å². The van der Waals surface area contributed by atoms with Crippen LogP contribution in [0, 0.1) is 0 Å². The van der Waals surface area contributed by atoms with Crippen molar-refractivity contribution in [2.75, 3.05) is 11.5 Å². The first-order chi connectivity index (χ1) is 14.7. The van der Waals surface area contributed by atoms with Crippen LogP contribution >= 0.6 is 0 Å². The lowest BCUT2D eigenvalue weighted by Gasteiger charge is -2.30. The highest BCUT2D eigenvalue weighted by Crippen LogP contribution is 2.33. The van der Waals surface area contributed by atoms with Gasteiger partial charge < -0.3 is 10.1 Å². The monoisotopic (exact) mass is 463 g/mol. The molecule has 1 aliphatic heterocycles. The zero-order chi connectivity index (χ0) is 22.2. The topological polar surface area (TPSA) is 89.5 Å². The van der Waals surface area contributed by atoms with Crippen molar-refractivity contribution < 1.29 is 21.6 Å². The van der Waals surface area contributed by atoms with Gasteiger partial charge in [-0.05, 0) is 68.5 Å². The van der Waals surface area contributed by atoms with Crippen molar-refractivity contribution in [3.63, 3.8) is 0 Å². The van der Waals surface area contributed by atoms with Crippen molar-refractivity contribution in [2.45, 2.75) is 61.4 Å². The molecule has 2 aromatic rings. The van der Waals surface area contributed by atoms with E-state index in [9.17, 15) is 16.8 Å².